The lowest BCUT2D eigenvalue weighted by Gasteiger charge is -2.26. The van der Waals surface area contributed by atoms with Crippen molar-refractivity contribution < 1.29 is 19.1 Å². The lowest BCUT2D eigenvalue weighted by atomic mass is 9.88. The van der Waals surface area contributed by atoms with Crippen molar-refractivity contribution in [3.63, 3.8) is 0 Å². The first-order valence-corrected chi connectivity index (χ1v) is 9.10. The van der Waals surface area contributed by atoms with Gasteiger partial charge >= 0.3 is 6.03 Å². The highest BCUT2D eigenvalue weighted by Crippen LogP contribution is 2.39. The van der Waals surface area contributed by atoms with Gasteiger partial charge in [0.2, 0.25) is 0 Å². The molecule has 0 aliphatic carbocycles. The number of fused-ring (bicyclic) bond motifs is 1. The van der Waals surface area contributed by atoms with Gasteiger partial charge in [-0.1, -0.05) is 38.3 Å². The molecule has 0 spiro atoms. The molecule has 2 aliphatic rings. The van der Waals surface area contributed by atoms with Crippen molar-refractivity contribution in [1.82, 2.24) is 10.2 Å². The van der Waals surface area contributed by atoms with E-state index in [1.54, 1.807) is 12.1 Å². The van der Waals surface area contributed by atoms with E-state index >= 15 is 0 Å². The van der Waals surface area contributed by atoms with Crippen LogP contribution in [0.1, 0.15) is 45.1 Å². The minimum absolute atomic E-state index is 0.160. The number of hydrogen-bond acceptors (Lipinski definition) is 4. The summed E-state index contributed by atoms with van der Waals surface area (Å²) in [5.41, 5.74) is -0.0420. The van der Waals surface area contributed by atoms with Gasteiger partial charge in [0.25, 0.3) is 5.91 Å². The number of urea groups is 1. The lowest BCUT2D eigenvalue weighted by Crippen LogP contribution is -2.46. The van der Waals surface area contributed by atoms with Crippen LogP contribution in [0.2, 0.25) is 5.02 Å². The van der Waals surface area contributed by atoms with Crippen LogP contribution in [-0.2, 0) is 11.3 Å². The molecule has 1 aromatic rings. The molecule has 25 heavy (non-hydrogen) atoms. The number of rotatable bonds is 6. The van der Waals surface area contributed by atoms with E-state index in [2.05, 4.69) is 5.32 Å². The molecule has 0 atom stereocenters. The second-order valence-electron chi connectivity index (χ2n) is 6.51. The number of carbonyl (C=O) groups excluding carboxylic acids is 2. The fraction of sp³-hybridized carbons (Fsp3) is 0.556. The summed E-state index contributed by atoms with van der Waals surface area (Å²) in [6.07, 6.45) is 2.94. The quantitative estimate of drug-likeness (QED) is 0.782. The Morgan fingerprint density at radius 3 is 2.52 bits per heavy atom. The van der Waals surface area contributed by atoms with Crippen LogP contribution in [-0.4, -0.2) is 35.6 Å². The van der Waals surface area contributed by atoms with E-state index in [0.29, 0.717) is 42.6 Å². The molecule has 6 nitrogen and oxygen atoms in total. The normalized spacial score (nSPS) is 18.4. The molecule has 0 bridgehead atoms. The SMILES string of the molecule is CCCC1(CCC)NC(=O)N(Cc2cc(Cl)c3c(c2)OCCO3)C1=O. The predicted molar refractivity (Wildman–Crippen MR) is 94.1 cm³/mol. The summed E-state index contributed by atoms with van der Waals surface area (Å²) in [7, 11) is 0. The summed E-state index contributed by atoms with van der Waals surface area (Å²) in [5.74, 6) is 0.904. The first-order valence-electron chi connectivity index (χ1n) is 8.73. The van der Waals surface area contributed by atoms with Gasteiger partial charge in [-0.2, -0.15) is 0 Å². The maximum Gasteiger partial charge on any atom is 0.325 e. The van der Waals surface area contributed by atoms with E-state index in [4.69, 9.17) is 21.1 Å². The van der Waals surface area contributed by atoms with E-state index in [1.165, 1.54) is 4.90 Å². The number of imide groups is 1. The molecule has 1 saturated heterocycles. The van der Waals surface area contributed by atoms with E-state index in [0.717, 1.165) is 18.4 Å². The molecule has 0 aromatic heterocycles. The molecular weight excluding hydrogens is 344 g/mol. The molecular formula is C18H23ClN2O4. The molecule has 0 saturated carbocycles. The van der Waals surface area contributed by atoms with E-state index in [1.807, 2.05) is 13.8 Å². The standard InChI is InChI=1S/C18H23ClN2O4/c1-3-5-18(6-4-2)16(22)21(17(23)20-18)11-12-9-13(19)15-14(10-12)24-7-8-25-15/h9-10H,3-8,11H2,1-2H3,(H,20,23). The molecule has 1 aromatic carbocycles. The van der Waals surface area contributed by atoms with Crippen molar-refractivity contribution in [1.29, 1.82) is 0 Å². The first-order chi connectivity index (χ1) is 12.0. The molecule has 3 rings (SSSR count). The smallest absolute Gasteiger partial charge is 0.325 e. The van der Waals surface area contributed by atoms with Crippen molar-refractivity contribution in [2.45, 2.75) is 51.6 Å². The molecule has 1 fully saturated rings. The van der Waals surface area contributed by atoms with E-state index < -0.39 is 5.54 Å². The first kappa shape index (κ1) is 17.9. The highest BCUT2D eigenvalue weighted by atomic mass is 35.5. The maximum absolute atomic E-state index is 12.9. The summed E-state index contributed by atoms with van der Waals surface area (Å²) >= 11 is 6.25. The number of ether oxygens (including phenoxy) is 2. The van der Waals surface area contributed by atoms with Crippen molar-refractivity contribution in [2.24, 2.45) is 0 Å². The van der Waals surface area contributed by atoms with Crippen LogP contribution in [0.25, 0.3) is 0 Å². The van der Waals surface area contributed by atoms with Crippen LogP contribution in [0.3, 0.4) is 0 Å². The Balaban J connectivity index is 1.84. The molecule has 7 heteroatoms. The molecule has 136 valence electrons. The molecule has 2 heterocycles. The van der Waals surface area contributed by atoms with Gasteiger partial charge in [-0.25, -0.2) is 4.79 Å². The van der Waals surface area contributed by atoms with Crippen LogP contribution < -0.4 is 14.8 Å². The maximum atomic E-state index is 12.9. The van der Waals surface area contributed by atoms with Crippen molar-refractivity contribution in [3.8, 4) is 11.5 Å². The summed E-state index contributed by atoms with van der Waals surface area (Å²) in [6.45, 7) is 5.10. The Morgan fingerprint density at radius 2 is 1.84 bits per heavy atom. The third-order valence-corrected chi connectivity index (χ3v) is 4.88. The molecule has 0 radical (unpaired) electrons. The second-order valence-corrected chi connectivity index (χ2v) is 6.91. The number of amides is 3. The fourth-order valence-corrected chi connectivity index (χ4v) is 3.86. The van der Waals surface area contributed by atoms with Gasteiger partial charge in [-0.3, -0.25) is 9.69 Å². The predicted octanol–water partition coefficient (Wildman–Crippen LogP) is 3.50. The number of nitrogens with zero attached hydrogens (tertiary/aromatic N) is 1. The number of benzene rings is 1. The van der Waals surface area contributed by atoms with E-state index in [9.17, 15) is 9.59 Å². The van der Waals surface area contributed by atoms with Crippen molar-refractivity contribution in [2.75, 3.05) is 13.2 Å². The molecule has 2 aliphatic heterocycles. The molecule has 1 N–H and O–H groups in total. The van der Waals surface area contributed by atoms with Gasteiger partial charge in [0.15, 0.2) is 11.5 Å². The summed E-state index contributed by atoms with van der Waals surface area (Å²) in [5, 5.41) is 3.34. The minimum Gasteiger partial charge on any atom is -0.486 e. The van der Waals surface area contributed by atoms with Crippen LogP contribution >= 0.6 is 11.6 Å². The summed E-state index contributed by atoms with van der Waals surface area (Å²) < 4.78 is 11.1. The van der Waals surface area contributed by atoms with Gasteiger partial charge < -0.3 is 14.8 Å². The number of halogens is 1. The Morgan fingerprint density at radius 1 is 1.16 bits per heavy atom. The highest BCUT2D eigenvalue weighted by molar-refractivity contribution is 6.32. The topological polar surface area (TPSA) is 67.9 Å². The Kier molecular flexibility index (Phi) is 5.08. The Labute approximate surface area is 152 Å². The second kappa shape index (κ2) is 7.12. The zero-order valence-electron chi connectivity index (χ0n) is 14.6. The van der Waals surface area contributed by atoms with Gasteiger partial charge in [-0.05, 0) is 30.5 Å². The summed E-state index contributed by atoms with van der Waals surface area (Å²) in [6, 6.07) is 3.15. The van der Waals surface area contributed by atoms with Crippen molar-refractivity contribution in [3.05, 3.63) is 22.7 Å². The number of carbonyl (C=O) groups is 2. The average Bonchev–Trinajstić information content (AvgIpc) is 2.80. The van der Waals surface area contributed by atoms with Gasteiger partial charge in [-0.15, -0.1) is 0 Å². The summed E-state index contributed by atoms with van der Waals surface area (Å²) in [4.78, 5) is 26.7. The Bertz CT molecular complexity index is 686. The lowest BCUT2D eigenvalue weighted by molar-refractivity contribution is -0.132. The van der Waals surface area contributed by atoms with Crippen LogP contribution in [0.15, 0.2) is 12.1 Å². The third kappa shape index (κ3) is 3.27. The van der Waals surface area contributed by atoms with Gasteiger partial charge in [0.05, 0.1) is 11.6 Å². The van der Waals surface area contributed by atoms with Crippen LogP contribution in [0.5, 0.6) is 11.5 Å². The number of nitrogens with one attached hydrogen (secondary N) is 1. The van der Waals surface area contributed by atoms with Crippen molar-refractivity contribution >= 4 is 23.5 Å². The zero-order chi connectivity index (χ0) is 18.0. The van der Waals surface area contributed by atoms with Crippen LogP contribution in [0.4, 0.5) is 4.79 Å². The van der Waals surface area contributed by atoms with Gasteiger partial charge in [0.1, 0.15) is 18.8 Å². The van der Waals surface area contributed by atoms with Gasteiger partial charge in [0, 0.05) is 0 Å². The average molecular weight is 367 g/mol. The molecule has 0 unspecified atom stereocenters. The monoisotopic (exact) mass is 366 g/mol. The largest absolute Gasteiger partial charge is 0.486 e. The Hall–Kier alpha value is -1.95. The fourth-order valence-electron chi connectivity index (χ4n) is 3.58. The van der Waals surface area contributed by atoms with Crippen LogP contribution in [0, 0.1) is 0 Å². The zero-order valence-corrected chi connectivity index (χ0v) is 15.3. The number of hydrogen-bond donors (Lipinski definition) is 1. The molecule has 3 amide bonds. The minimum atomic E-state index is -0.780. The van der Waals surface area contributed by atoms with E-state index in [-0.39, 0.29) is 18.5 Å². The third-order valence-electron chi connectivity index (χ3n) is 4.60. The highest BCUT2D eigenvalue weighted by Gasteiger charge is 2.49.